The summed E-state index contributed by atoms with van der Waals surface area (Å²) >= 11 is 7.52. The lowest BCUT2D eigenvalue weighted by molar-refractivity contribution is 0.0971. The van der Waals surface area contributed by atoms with E-state index >= 15 is 0 Å². The van der Waals surface area contributed by atoms with Crippen molar-refractivity contribution in [1.82, 2.24) is 4.98 Å². The summed E-state index contributed by atoms with van der Waals surface area (Å²) in [5, 5.41) is 1.61. The van der Waals surface area contributed by atoms with Crippen molar-refractivity contribution in [3.63, 3.8) is 0 Å². The van der Waals surface area contributed by atoms with Crippen molar-refractivity contribution in [2.45, 2.75) is 33.2 Å². The van der Waals surface area contributed by atoms with Crippen LogP contribution >= 0.6 is 22.9 Å². The van der Waals surface area contributed by atoms with Crippen molar-refractivity contribution in [2.75, 3.05) is 4.90 Å². The van der Waals surface area contributed by atoms with Crippen LogP contribution in [0.1, 0.15) is 50.8 Å². The molecule has 1 aliphatic rings. The van der Waals surface area contributed by atoms with Gasteiger partial charge < -0.3 is 4.42 Å². The number of hydrogen-bond acceptors (Lipinski definition) is 5. The van der Waals surface area contributed by atoms with Crippen LogP contribution in [0.4, 0.5) is 5.13 Å². The third-order valence-corrected chi connectivity index (χ3v) is 7.08. The fourth-order valence-electron chi connectivity index (χ4n) is 3.96. The number of anilines is 1. The quantitative estimate of drug-likeness (QED) is 0.393. The van der Waals surface area contributed by atoms with E-state index in [0.717, 1.165) is 28.1 Å². The Morgan fingerprint density at radius 3 is 2.52 bits per heavy atom. The number of hydrogen-bond donors (Lipinski definition) is 0. The molecule has 0 bridgehead atoms. The van der Waals surface area contributed by atoms with Gasteiger partial charge in [-0.1, -0.05) is 36.7 Å². The highest BCUT2D eigenvalue weighted by atomic mass is 35.5. The fourth-order valence-corrected chi connectivity index (χ4v) is 5.02. The van der Waals surface area contributed by atoms with Crippen LogP contribution in [-0.4, -0.2) is 10.9 Å². The maximum absolute atomic E-state index is 13.7. The number of carbonyl (C=O) groups is 1. The Labute approximate surface area is 187 Å². The second kappa shape index (κ2) is 7.32. The van der Waals surface area contributed by atoms with Crippen LogP contribution in [0.5, 0.6) is 0 Å². The van der Waals surface area contributed by atoms with Gasteiger partial charge in [-0.15, -0.1) is 11.3 Å². The summed E-state index contributed by atoms with van der Waals surface area (Å²) in [5.41, 5.74) is 3.24. The lowest BCUT2D eigenvalue weighted by atomic mass is 9.98. The average Bonchev–Trinajstić information content (AvgIpc) is 3.25. The Balaban J connectivity index is 1.81. The molecule has 0 saturated heterocycles. The van der Waals surface area contributed by atoms with Gasteiger partial charge in [-0.05, 0) is 55.7 Å². The molecule has 7 heteroatoms. The summed E-state index contributed by atoms with van der Waals surface area (Å²) in [6.07, 6.45) is 0.801. The second-order valence-corrected chi connectivity index (χ2v) is 9.24. The van der Waals surface area contributed by atoms with Gasteiger partial charge in [0, 0.05) is 9.90 Å². The molecule has 5 nitrogen and oxygen atoms in total. The van der Waals surface area contributed by atoms with E-state index in [1.165, 1.54) is 11.3 Å². The molecular weight excluding hydrogens is 432 g/mol. The van der Waals surface area contributed by atoms with Crippen molar-refractivity contribution in [2.24, 2.45) is 0 Å². The molecule has 0 radical (unpaired) electrons. The van der Waals surface area contributed by atoms with E-state index in [9.17, 15) is 9.59 Å². The lowest BCUT2D eigenvalue weighted by Gasteiger charge is -2.22. The van der Waals surface area contributed by atoms with Crippen molar-refractivity contribution < 1.29 is 9.21 Å². The largest absolute Gasteiger partial charge is 0.450 e. The third-order valence-electron chi connectivity index (χ3n) is 5.75. The van der Waals surface area contributed by atoms with Crippen molar-refractivity contribution in [1.29, 1.82) is 0 Å². The summed E-state index contributed by atoms with van der Waals surface area (Å²) in [7, 11) is 0. The number of benzene rings is 2. The first kappa shape index (κ1) is 20.0. The molecule has 0 N–H and O–H groups in total. The van der Waals surface area contributed by atoms with Gasteiger partial charge in [0.2, 0.25) is 5.76 Å². The van der Waals surface area contributed by atoms with E-state index in [0.29, 0.717) is 26.7 Å². The van der Waals surface area contributed by atoms with Crippen LogP contribution in [-0.2, 0) is 6.42 Å². The Bertz CT molecular complexity index is 1390. The molecule has 2 aromatic carbocycles. The van der Waals surface area contributed by atoms with Crippen LogP contribution < -0.4 is 10.3 Å². The molecule has 2 aromatic heterocycles. The maximum Gasteiger partial charge on any atom is 0.297 e. The Morgan fingerprint density at radius 1 is 1.13 bits per heavy atom. The number of halogens is 1. The number of aromatic nitrogens is 1. The molecule has 1 unspecified atom stereocenters. The highest BCUT2D eigenvalue weighted by molar-refractivity contribution is 7.15. The number of nitrogens with zero attached hydrogens (tertiary/aromatic N) is 2. The monoisotopic (exact) mass is 450 g/mol. The van der Waals surface area contributed by atoms with E-state index < -0.39 is 6.04 Å². The number of rotatable bonds is 3. The first-order valence-electron chi connectivity index (χ1n) is 10.0. The smallest absolute Gasteiger partial charge is 0.297 e. The molecule has 3 heterocycles. The Kier molecular flexibility index (Phi) is 4.72. The van der Waals surface area contributed by atoms with E-state index in [1.54, 1.807) is 23.1 Å². The van der Waals surface area contributed by atoms with E-state index in [4.69, 9.17) is 16.0 Å². The van der Waals surface area contributed by atoms with Gasteiger partial charge in [0.15, 0.2) is 10.6 Å². The number of thiazole rings is 1. The average molecular weight is 451 g/mol. The molecule has 4 aromatic rings. The van der Waals surface area contributed by atoms with Gasteiger partial charge >= 0.3 is 0 Å². The number of carbonyl (C=O) groups excluding carboxylic acids is 1. The van der Waals surface area contributed by atoms with Crippen molar-refractivity contribution in [3.8, 4) is 0 Å². The van der Waals surface area contributed by atoms with Gasteiger partial charge in [0.25, 0.3) is 5.91 Å². The summed E-state index contributed by atoms with van der Waals surface area (Å²) in [6, 6.07) is 12.1. The van der Waals surface area contributed by atoms with Crippen LogP contribution in [0.3, 0.4) is 0 Å². The summed E-state index contributed by atoms with van der Waals surface area (Å²) < 4.78 is 6.02. The summed E-state index contributed by atoms with van der Waals surface area (Å²) in [5.74, 6) is -0.283. The SMILES string of the molecule is CCc1ccc2oc3c(c(=O)c2c1)C(c1ccc(Cl)cc1)N(c1nc(C)c(C)s1)C3=O. The third kappa shape index (κ3) is 3.09. The topological polar surface area (TPSA) is 63.4 Å². The summed E-state index contributed by atoms with van der Waals surface area (Å²) in [4.78, 5) is 34.4. The van der Waals surface area contributed by atoms with Gasteiger partial charge in [0.05, 0.1) is 22.7 Å². The summed E-state index contributed by atoms with van der Waals surface area (Å²) in [6.45, 7) is 5.90. The van der Waals surface area contributed by atoms with Crippen LogP contribution in [0.25, 0.3) is 11.0 Å². The Hall–Kier alpha value is -2.96. The fraction of sp³-hybridized carbons (Fsp3) is 0.208. The number of fused-ring (bicyclic) bond motifs is 2. The van der Waals surface area contributed by atoms with Crippen LogP contribution in [0, 0.1) is 13.8 Å². The molecule has 1 aliphatic heterocycles. The zero-order chi connectivity index (χ0) is 21.9. The molecular formula is C24H19ClN2O3S. The molecule has 1 amide bonds. The number of aryl methyl sites for hydroxylation is 3. The molecule has 1 atom stereocenters. The standard InChI is InChI=1S/C24H19ClN2O3S/c1-4-14-5-10-18-17(11-14)21(28)19-20(15-6-8-16(25)9-7-15)27(23(29)22(19)30-18)24-26-12(2)13(3)31-24/h5-11,20H,4H2,1-3H3. The van der Waals surface area contributed by atoms with E-state index in [-0.39, 0.29) is 17.1 Å². The second-order valence-electron chi connectivity index (χ2n) is 7.63. The van der Waals surface area contributed by atoms with Crippen molar-refractivity contribution in [3.05, 3.63) is 90.7 Å². The lowest BCUT2D eigenvalue weighted by Crippen LogP contribution is -2.29. The molecule has 0 fully saturated rings. The highest BCUT2D eigenvalue weighted by Gasteiger charge is 2.45. The van der Waals surface area contributed by atoms with Gasteiger partial charge in [-0.3, -0.25) is 14.5 Å². The minimum Gasteiger partial charge on any atom is -0.450 e. The zero-order valence-corrected chi connectivity index (χ0v) is 18.8. The minimum atomic E-state index is -0.629. The molecule has 0 aliphatic carbocycles. The van der Waals surface area contributed by atoms with Crippen molar-refractivity contribution >= 4 is 44.9 Å². The van der Waals surface area contributed by atoms with Gasteiger partial charge in [-0.25, -0.2) is 4.98 Å². The van der Waals surface area contributed by atoms with Crippen LogP contribution in [0.15, 0.2) is 51.7 Å². The first-order valence-corrected chi connectivity index (χ1v) is 11.2. The predicted molar refractivity (Wildman–Crippen MR) is 124 cm³/mol. The molecule has 0 saturated carbocycles. The predicted octanol–water partition coefficient (Wildman–Crippen LogP) is 5.83. The molecule has 5 rings (SSSR count). The molecule has 156 valence electrons. The first-order chi connectivity index (χ1) is 14.9. The van der Waals surface area contributed by atoms with E-state index in [1.807, 2.05) is 45.0 Å². The number of amides is 1. The molecule has 31 heavy (non-hydrogen) atoms. The normalized spacial score (nSPS) is 15.7. The minimum absolute atomic E-state index is 0.0761. The van der Waals surface area contributed by atoms with Gasteiger partial charge in [0.1, 0.15) is 5.58 Å². The molecule has 0 spiro atoms. The Morgan fingerprint density at radius 2 is 1.87 bits per heavy atom. The van der Waals surface area contributed by atoms with Crippen LogP contribution in [0.2, 0.25) is 5.02 Å². The van der Waals surface area contributed by atoms with Gasteiger partial charge in [-0.2, -0.15) is 0 Å². The highest BCUT2D eigenvalue weighted by Crippen LogP contribution is 2.43. The maximum atomic E-state index is 13.7. The zero-order valence-electron chi connectivity index (χ0n) is 17.2. The van der Waals surface area contributed by atoms with E-state index in [2.05, 4.69) is 4.98 Å².